The van der Waals surface area contributed by atoms with Gasteiger partial charge in [-0.3, -0.25) is 4.90 Å². The molecule has 3 heteroatoms. The van der Waals surface area contributed by atoms with Gasteiger partial charge in [-0.25, -0.2) is 0 Å². The average Bonchev–Trinajstić information content (AvgIpc) is 2.27. The molecule has 1 unspecified atom stereocenters. The van der Waals surface area contributed by atoms with Crippen molar-refractivity contribution < 1.29 is 4.74 Å². The summed E-state index contributed by atoms with van der Waals surface area (Å²) in [7, 11) is 1.99. The number of likely N-dealkylation sites (N-methyl/N-ethyl adjacent to an activating group) is 1. The molecular formula is C9H20N2O. The molecule has 3 nitrogen and oxygen atoms in total. The topological polar surface area (TPSA) is 24.5 Å². The normalized spacial score (nSPS) is 27.5. The molecule has 1 atom stereocenters. The molecule has 1 aliphatic heterocycles. The molecule has 1 heterocycles. The van der Waals surface area contributed by atoms with E-state index in [0.717, 1.165) is 26.2 Å². The minimum absolute atomic E-state index is 0.396. The molecule has 1 fully saturated rings. The summed E-state index contributed by atoms with van der Waals surface area (Å²) in [5, 5.41) is 3.28. The summed E-state index contributed by atoms with van der Waals surface area (Å²) in [5.41, 5.74) is 0. The third-order valence-electron chi connectivity index (χ3n) is 2.38. The number of nitrogens with one attached hydrogen (secondary N) is 1. The van der Waals surface area contributed by atoms with Gasteiger partial charge in [-0.1, -0.05) is 0 Å². The highest BCUT2D eigenvalue weighted by Gasteiger charge is 2.21. The Labute approximate surface area is 75.1 Å². The van der Waals surface area contributed by atoms with Crippen LogP contribution in [0.4, 0.5) is 0 Å². The van der Waals surface area contributed by atoms with Crippen molar-refractivity contribution in [2.24, 2.45) is 0 Å². The molecule has 72 valence electrons. The molecule has 0 aromatic carbocycles. The maximum atomic E-state index is 5.47. The molecule has 0 aliphatic carbocycles. The van der Waals surface area contributed by atoms with Gasteiger partial charge in [-0.2, -0.15) is 0 Å². The maximum Gasteiger partial charge on any atom is 0.0838 e. The van der Waals surface area contributed by atoms with E-state index in [2.05, 4.69) is 24.1 Å². The number of hydrogen-bond acceptors (Lipinski definition) is 3. The molecule has 0 spiro atoms. The summed E-state index contributed by atoms with van der Waals surface area (Å²) in [4.78, 5) is 2.45. The van der Waals surface area contributed by atoms with Gasteiger partial charge >= 0.3 is 0 Å². The van der Waals surface area contributed by atoms with Crippen molar-refractivity contribution in [2.45, 2.75) is 32.5 Å². The Balaban J connectivity index is 2.51. The first-order chi connectivity index (χ1) is 5.75. The third kappa shape index (κ3) is 2.44. The van der Waals surface area contributed by atoms with E-state index in [1.807, 2.05) is 7.05 Å². The lowest BCUT2D eigenvalue weighted by Crippen LogP contribution is -2.49. The van der Waals surface area contributed by atoms with Crippen molar-refractivity contribution >= 4 is 0 Å². The quantitative estimate of drug-likeness (QED) is 0.662. The van der Waals surface area contributed by atoms with Gasteiger partial charge in [0.15, 0.2) is 0 Å². The monoisotopic (exact) mass is 172 g/mol. The van der Waals surface area contributed by atoms with Crippen LogP contribution in [-0.2, 0) is 4.74 Å². The number of nitrogens with zero attached hydrogens (tertiary/aromatic N) is 1. The van der Waals surface area contributed by atoms with Crippen LogP contribution in [0.25, 0.3) is 0 Å². The SMILES string of the molecule is CNC1COCCCN1C(C)C. The lowest BCUT2D eigenvalue weighted by atomic mass is 10.2. The van der Waals surface area contributed by atoms with Crippen LogP contribution in [0.1, 0.15) is 20.3 Å². The lowest BCUT2D eigenvalue weighted by Gasteiger charge is -2.32. The molecule has 0 saturated carbocycles. The standard InChI is InChI=1S/C9H20N2O/c1-8(2)11-5-4-6-12-7-9(11)10-3/h8-10H,4-7H2,1-3H3. The molecule has 1 N–H and O–H groups in total. The number of ether oxygens (including phenoxy) is 1. The molecule has 0 aromatic rings. The first kappa shape index (κ1) is 9.96. The van der Waals surface area contributed by atoms with E-state index >= 15 is 0 Å². The molecule has 0 bridgehead atoms. The summed E-state index contributed by atoms with van der Waals surface area (Å²) in [5.74, 6) is 0. The number of hydrogen-bond donors (Lipinski definition) is 1. The van der Waals surface area contributed by atoms with E-state index in [0.29, 0.717) is 12.2 Å². The van der Waals surface area contributed by atoms with Gasteiger partial charge in [0, 0.05) is 19.2 Å². The van der Waals surface area contributed by atoms with Gasteiger partial charge in [0.2, 0.25) is 0 Å². The molecule has 0 aromatic heterocycles. The molecule has 0 amide bonds. The van der Waals surface area contributed by atoms with Crippen molar-refractivity contribution in [1.29, 1.82) is 0 Å². The fourth-order valence-corrected chi connectivity index (χ4v) is 1.66. The van der Waals surface area contributed by atoms with Crippen molar-refractivity contribution in [3.8, 4) is 0 Å². The third-order valence-corrected chi connectivity index (χ3v) is 2.38. The average molecular weight is 172 g/mol. The zero-order valence-electron chi connectivity index (χ0n) is 8.34. The second-order valence-electron chi connectivity index (χ2n) is 3.56. The Morgan fingerprint density at radius 3 is 2.83 bits per heavy atom. The predicted molar refractivity (Wildman–Crippen MR) is 50.1 cm³/mol. The van der Waals surface area contributed by atoms with Gasteiger partial charge < -0.3 is 10.1 Å². The van der Waals surface area contributed by atoms with Crippen molar-refractivity contribution in [2.75, 3.05) is 26.8 Å². The largest absolute Gasteiger partial charge is 0.378 e. The molecule has 0 radical (unpaired) electrons. The fourth-order valence-electron chi connectivity index (χ4n) is 1.66. The van der Waals surface area contributed by atoms with Crippen LogP contribution in [-0.4, -0.2) is 43.9 Å². The lowest BCUT2D eigenvalue weighted by molar-refractivity contribution is 0.0732. The van der Waals surface area contributed by atoms with Crippen LogP contribution in [0, 0.1) is 0 Å². The van der Waals surface area contributed by atoms with E-state index in [-0.39, 0.29) is 0 Å². The Morgan fingerprint density at radius 2 is 2.25 bits per heavy atom. The Bertz CT molecular complexity index is 128. The molecule has 12 heavy (non-hydrogen) atoms. The number of rotatable bonds is 2. The molecular weight excluding hydrogens is 152 g/mol. The zero-order chi connectivity index (χ0) is 8.97. The fraction of sp³-hybridized carbons (Fsp3) is 1.00. The van der Waals surface area contributed by atoms with Crippen LogP contribution in [0.5, 0.6) is 0 Å². The second-order valence-corrected chi connectivity index (χ2v) is 3.56. The first-order valence-electron chi connectivity index (χ1n) is 4.76. The highest BCUT2D eigenvalue weighted by Crippen LogP contribution is 2.08. The van der Waals surface area contributed by atoms with Gasteiger partial charge in [0.05, 0.1) is 12.8 Å². The van der Waals surface area contributed by atoms with Crippen molar-refractivity contribution in [3.05, 3.63) is 0 Å². The zero-order valence-corrected chi connectivity index (χ0v) is 8.34. The van der Waals surface area contributed by atoms with E-state index in [4.69, 9.17) is 4.74 Å². The van der Waals surface area contributed by atoms with Gasteiger partial charge in [-0.05, 0) is 27.3 Å². The molecule has 1 rings (SSSR count). The summed E-state index contributed by atoms with van der Waals surface area (Å²) in [6.07, 6.45) is 1.54. The molecule has 1 aliphatic rings. The van der Waals surface area contributed by atoms with E-state index in [9.17, 15) is 0 Å². The minimum atomic E-state index is 0.396. The van der Waals surface area contributed by atoms with E-state index in [1.165, 1.54) is 0 Å². The summed E-state index contributed by atoms with van der Waals surface area (Å²) in [6.45, 7) is 7.32. The van der Waals surface area contributed by atoms with Gasteiger partial charge in [-0.15, -0.1) is 0 Å². The van der Waals surface area contributed by atoms with Crippen LogP contribution in [0.2, 0.25) is 0 Å². The minimum Gasteiger partial charge on any atom is -0.378 e. The highest BCUT2D eigenvalue weighted by molar-refractivity contribution is 4.73. The van der Waals surface area contributed by atoms with E-state index in [1.54, 1.807) is 0 Å². The predicted octanol–water partition coefficient (Wildman–Crippen LogP) is 0.663. The van der Waals surface area contributed by atoms with Crippen molar-refractivity contribution in [1.82, 2.24) is 10.2 Å². The van der Waals surface area contributed by atoms with E-state index < -0.39 is 0 Å². The Morgan fingerprint density at radius 1 is 1.50 bits per heavy atom. The first-order valence-corrected chi connectivity index (χ1v) is 4.76. The van der Waals surface area contributed by atoms with Crippen LogP contribution >= 0.6 is 0 Å². The summed E-state index contributed by atoms with van der Waals surface area (Å²) in [6, 6.07) is 0.601. The smallest absolute Gasteiger partial charge is 0.0838 e. The van der Waals surface area contributed by atoms with Gasteiger partial charge in [0.1, 0.15) is 0 Å². The van der Waals surface area contributed by atoms with Crippen LogP contribution in [0.3, 0.4) is 0 Å². The van der Waals surface area contributed by atoms with Crippen molar-refractivity contribution in [3.63, 3.8) is 0 Å². The molecule has 1 saturated heterocycles. The Kier molecular flexibility index (Phi) is 3.98. The highest BCUT2D eigenvalue weighted by atomic mass is 16.5. The summed E-state index contributed by atoms with van der Waals surface area (Å²) < 4.78 is 5.47. The Hall–Kier alpha value is -0.120. The summed E-state index contributed by atoms with van der Waals surface area (Å²) >= 11 is 0. The van der Waals surface area contributed by atoms with Crippen LogP contribution < -0.4 is 5.32 Å². The second kappa shape index (κ2) is 4.80. The van der Waals surface area contributed by atoms with Gasteiger partial charge in [0.25, 0.3) is 0 Å². The van der Waals surface area contributed by atoms with Crippen LogP contribution in [0.15, 0.2) is 0 Å². The maximum absolute atomic E-state index is 5.47.